The molecule has 2 aliphatic rings. The van der Waals surface area contributed by atoms with Crippen molar-refractivity contribution in [2.24, 2.45) is 17.6 Å². The molecule has 2 N–H and O–H groups in total. The van der Waals surface area contributed by atoms with Crippen LogP contribution in [0.25, 0.3) is 0 Å². The molecule has 0 aromatic rings. The summed E-state index contributed by atoms with van der Waals surface area (Å²) < 4.78 is 0. The highest BCUT2D eigenvalue weighted by atomic mass is 15.2. The second-order valence-electron chi connectivity index (χ2n) is 5.69. The van der Waals surface area contributed by atoms with Crippen LogP contribution in [-0.4, -0.2) is 30.1 Å². The third-order valence-electron chi connectivity index (χ3n) is 4.66. The van der Waals surface area contributed by atoms with E-state index in [1.807, 2.05) is 0 Å². The van der Waals surface area contributed by atoms with Crippen LogP contribution in [0.15, 0.2) is 0 Å². The Labute approximate surface area is 94.2 Å². The van der Waals surface area contributed by atoms with Crippen LogP contribution < -0.4 is 5.73 Å². The van der Waals surface area contributed by atoms with Gasteiger partial charge in [-0.25, -0.2) is 0 Å². The van der Waals surface area contributed by atoms with Crippen molar-refractivity contribution in [3.05, 3.63) is 0 Å². The average molecular weight is 210 g/mol. The lowest BCUT2D eigenvalue weighted by Crippen LogP contribution is -2.37. The highest BCUT2D eigenvalue weighted by Crippen LogP contribution is 2.32. The Kier molecular flexibility index (Phi) is 3.68. The largest absolute Gasteiger partial charge is 0.328 e. The van der Waals surface area contributed by atoms with Gasteiger partial charge in [-0.1, -0.05) is 12.8 Å². The zero-order valence-corrected chi connectivity index (χ0v) is 10.3. The molecular weight excluding hydrogens is 184 g/mol. The summed E-state index contributed by atoms with van der Waals surface area (Å²) in [5.74, 6) is 1.71. The highest BCUT2D eigenvalue weighted by molar-refractivity contribution is 4.87. The third-order valence-corrected chi connectivity index (χ3v) is 4.66. The first-order valence-corrected chi connectivity index (χ1v) is 6.68. The maximum atomic E-state index is 5.99. The molecule has 3 unspecified atom stereocenters. The molecule has 3 atom stereocenters. The van der Waals surface area contributed by atoms with Gasteiger partial charge in [-0.05, 0) is 51.5 Å². The molecule has 1 aliphatic heterocycles. The van der Waals surface area contributed by atoms with Gasteiger partial charge < -0.3 is 10.6 Å². The summed E-state index contributed by atoms with van der Waals surface area (Å²) in [5.41, 5.74) is 5.99. The summed E-state index contributed by atoms with van der Waals surface area (Å²) in [6.45, 7) is 7.12. The van der Waals surface area contributed by atoms with E-state index in [2.05, 4.69) is 18.7 Å². The van der Waals surface area contributed by atoms with Gasteiger partial charge in [-0.2, -0.15) is 0 Å². The molecular formula is C13H26N2. The molecule has 1 saturated heterocycles. The van der Waals surface area contributed by atoms with E-state index < -0.39 is 0 Å². The summed E-state index contributed by atoms with van der Waals surface area (Å²) >= 11 is 0. The van der Waals surface area contributed by atoms with Crippen molar-refractivity contribution >= 4 is 0 Å². The molecule has 15 heavy (non-hydrogen) atoms. The Morgan fingerprint density at radius 1 is 1.07 bits per heavy atom. The van der Waals surface area contributed by atoms with E-state index in [9.17, 15) is 0 Å². The fourth-order valence-corrected chi connectivity index (χ4v) is 3.35. The minimum atomic E-state index is 0.380. The third kappa shape index (κ3) is 2.54. The van der Waals surface area contributed by atoms with Gasteiger partial charge in [0.2, 0.25) is 0 Å². The van der Waals surface area contributed by atoms with Crippen LogP contribution >= 0.6 is 0 Å². The zero-order chi connectivity index (χ0) is 10.8. The molecule has 0 spiro atoms. The SMILES string of the molecule is CC(N)C1CCN(C(C)C2CCCC2)C1. The van der Waals surface area contributed by atoms with E-state index in [1.54, 1.807) is 0 Å². The molecule has 2 heteroatoms. The van der Waals surface area contributed by atoms with Gasteiger partial charge in [0.05, 0.1) is 0 Å². The minimum Gasteiger partial charge on any atom is -0.328 e. The van der Waals surface area contributed by atoms with Gasteiger partial charge in [0.25, 0.3) is 0 Å². The molecule has 1 heterocycles. The van der Waals surface area contributed by atoms with Crippen molar-refractivity contribution in [2.45, 2.75) is 58.0 Å². The topological polar surface area (TPSA) is 29.3 Å². The Morgan fingerprint density at radius 3 is 2.27 bits per heavy atom. The number of nitrogens with zero attached hydrogens (tertiary/aromatic N) is 1. The summed E-state index contributed by atoms with van der Waals surface area (Å²) in [7, 11) is 0. The van der Waals surface area contributed by atoms with E-state index in [-0.39, 0.29) is 0 Å². The Morgan fingerprint density at radius 2 is 1.73 bits per heavy atom. The fourth-order valence-electron chi connectivity index (χ4n) is 3.35. The van der Waals surface area contributed by atoms with Crippen LogP contribution in [0.3, 0.4) is 0 Å². The van der Waals surface area contributed by atoms with E-state index >= 15 is 0 Å². The van der Waals surface area contributed by atoms with Crippen molar-refractivity contribution in [3.8, 4) is 0 Å². The van der Waals surface area contributed by atoms with Crippen molar-refractivity contribution in [1.82, 2.24) is 4.90 Å². The fraction of sp³-hybridized carbons (Fsp3) is 1.00. The maximum absolute atomic E-state index is 5.99. The van der Waals surface area contributed by atoms with Crippen LogP contribution in [0.2, 0.25) is 0 Å². The lowest BCUT2D eigenvalue weighted by atomic mass is 9.98. The Bertz CT molecular complexity index is 197. The molecule has 1 aliphatic carbocycles. The lowest BCUT2D eigenvalue weighted by Gasteiger charge is -2.29. The van der Waals surface area contributed by atoms with Crippen LogP contribution in [0.1, 0.15) is 46.0 Å². The second-order valence-corrected chi connectivity index (χ2v) is 5.69. The first-order chi connectivity index (χ1) is 7.18. The maximum Gasteiger partial charge on any atom is 0.00953 e. The average Bonchev–Trinajstić information content (AvgIpc) is 2.88. The highest BCUT2D eigenvalue weighted by Gasteiger charge is 2.32. The molecule has 0 aromatic heterocycles. The number of hydrogen-bond donors (Lipinski definition) is 1. The van der Waals surface area contributed by atoms with Gasteiger partial charge in [-0.15, -0.1) is 0 Å². The van der Waals surface area contributed by atoms with Crippen molar-refractivity contribution in [1.29, 1.82) is 0 Å². The van der Waals surface area contributed by atoms with E-state index in [0.29, 0.717) is 6.04 Å². The Balaban J connectivity index is 1.84. The van der Waals surface area contributed by atoms with Gasteiger partial charge >= 0.3 is 0 Å². The number of rotatable bonds is 3. The van der Waals surface area contributed by atoms with Crippen LogP contribution in [0.4, 0.5) is 0 Å². The van der Waals surface area contributed by atoms with E-state index in [4.69, 9.17) is 5.73 Å². The van der Waals surface area contributed by atoms with Gasteiger partial charge in [0.1, 0.15) is 0 Å². The quantitative estimate of drug-likeness (QED) is 0.774. The molecule has 1 saturated carbocycles. The molecule has 0 amide bonds. The van der Waals surface area contributed by atoms with Gasteiger partial charge in [0, 0.05) is 18.6 Å². The standard InChI is InChI=1S/C13H26N2/c1-10(14)13-7-8-15(9-13)11(2)12-5-3-4-6-12/h10-13H,3-9,14H2,1-2H3. The van der Waals surface area contributed by atoms with E-state index in [0.717, 1.165) is 17.9 Å². The molecule has 2 rings (SSSR count). The van der Waals surface area contributed by atoms with Gasteiger partial charge in [0.15, 0.2) is 0 Å². The molecule has 0 aromatic carbocycles. The molecule has 2 fully saturated rings. The first kappa shape index (κ1) is 11.4. The van der Waals surface area contributed by atoms with E-state index in [1.165, 1.54) is 45.2 Å². The predicted molar refractivity (Wildman–Crippen MR) is 64.7 cm³/mol. The van der Waals surface area contributed by atoms with Gasteiger partial charge in [-0.3, -0.25) is 0 Å². The zero-order valence-electron chi connectivity index (χ0n) is 10.3. The predicted octanol–water partition coefficient (Wildman–Crippen LogP) is 2.23. The van der Waals surface area contributed by atoms with Crippen molar-refractivity contribution in [2.75, 3.05) is 13.1 Å². The van der Waals surface area contributed by atoms with Crippen molar-refractivity contribution < 1.29 is 0 Å². The summed E-state index contributed by atoms with van der Waals surface area (Å²) in [4.78, 5) is 2.68. The normalized spacial score (nSPS) is 33.4. The monoisotopic (exact) mass is 210 g/mol. The summed E-state index contributed by atoms with van der Waals surface area (Å²) in [5, 5.41) is 0. The minimum absolute atomic E-state index is 0.380. The first-order valence-electron chi connectivity index (χ1n) is 6.68. The molecule has 0 radical (unpaired) electrons. The number of hydrogen-bond acceptors (Lipinski definition) is 2. The molecule has 88 valence electrons. The van der Waals surface area contributed by atoms with Crippen LogP contribution in [0.5, 0.6) is 0 Å². The molecule has 0 bridgehead atoms. The smallest absolute Gasteiger partial charge is 0.00953 e. The summed E-state index contributed by atoms with van der Waals surface area (Å²) in [6.07, 6.45) is 7.15. The molecule has 2 nitrogen and oxygen atoms in total. The number of nitrogens with two attached hydrogens (primary N) is 1. The second kappa shape index (κ2) is 4.84. The van der Waals surface area contributed by atoms with Crippen molar-refractivity contribution in [3.63, 3.8) is 0 Å². The van der Waals surface area contributed by atoms with Crippen LogP contribution in [0, 0.1) is 11.8 Å². The number of likely N-dealkylation sites (tertiary alicyclic amines) is 1. The summed E-state index contributed by atoms with van der Waals surface area (Å²) in [6, 6.07) is 1.18. The lowest BCUT2D eigenvalue weighted by molar-refractivity contribution is 0.182. The Hall–Kier alpha value is -0.0800. The van der Waals surface area contributed by atoms with Crippen LogP contribution in [-0.2, 0) is 0 Å².